The molecule has 3 heterocycles. The second kappa shape index (κ2) is 2.88. The fraction of sp³-hybridized carbons (Fsp3) is 0.545. The Morgan fingerprint density at radius 3 is 2.94 bits per heavy atom. The molecule has 1 aliphatic carbocycles. The van der Waals surface area contributed by atoms with Crippen LogP contribution in [0.2, 0.25) is 0 Å². The lowest BCUT2D eigenvalue weighted by atomic mass is 10.0. The van der Waals surface area contributed by atoms with Crippen molar-refractivity contribution in [3.63, 3.8) is 0 Å². The Kier molecular flexibility index (Phi) is 1.56. The topological polar surface area (TPSA) is 69.3 Å². The maximum Gasteiger partial charge on any atom is 0.328 e. The summed E-state index contributed by atoms with van der Waals surface area (Å²) < 4.78 is 0. The largest absolute Gasteiger partial charge is 0.347 e. The van der Waals surface area contributed by atoms with Gasteiger partial charge in [-0.3, -0.25) is 9.69 Å². The molecule has 3 aliphatic rings. The van der Waals surface area contributed by atoms with Crippen molar-refractivity contribution in [3.8, 4) is 0 Å². The highest BCUT2D eigenvalue weighted by molar-refractivity contribution is 6.05. The van der Waals surface area contributed by atoms with Crippen LogP contribution >= 0.6 is 0 Å². The van der Waals surface area contributed by atoms with Crippen molar-refractivity contribution in [2.75, 3.05) is 0 Å². The Morgan fingerprint density at radius 1 is 1.35 bits per heavy atom. The van der Waals surface area contributed by atoms with Gasteiger partial charge in [0.15, 0.2) is 0 Å². The Morgan fingerprint density at radius 2 is 2.18 bits per heavy atom. The van der Waals surface area contributed by atoms with Crippen LogP contribution in [-0.4, -0.2) is 43.8 Å². The van der Waals surface area contributed by atoms with E-state index in [1.807, 2.05) is 0 Å². The summed E-state index contributed by atoms with van der Waals surface area (Å²) in [5.74, 6) is -0.0360. The van der Waals surface area contributed by atoms with Gasteiger partial charge in [0.05, 0.1) is 24.3 Å². The van der Waals surface area contributed by atoms with Gasteiger partial charge in [-0.15, -0.1) is 0 Å². The molecule has 1 atom stereocenters. The number of hydrogen-bond donors (Lipinski definition) is 1. The first-order chi connectivity index (χ1) is 8.25. The van der Waals surface area contributed by atoms with Crippen LogP contribution in [0.1, 0.15) is 24.2 Å². The zero-order chi connectivity index (χ0) is 11.6. The maximum absolute atomic E-state index is 12.2. The predicted octanol–water partition coefficient (Wildman–Crippen LogP) is 0.261. The normalized spacial score (nSPS) is 27.4. The van der Waals surface area contributed by atoms with Gasteiger partial charge in [0.1, 0.15) is 6.04 Å². The molecule has 1 aromatic rings. The lowest BCUT2D eigenvalue weighted by molar-refractivity contribution is -0.128. The van der Waals surface area contributed by atoms with E-state index in [0.717, 1.165) is 24.2 Å². The molecule has 2 fully saturated rings. The van der Waals surface area contributed by atoms with Gasteiger partial charge in [-0.05, 0) is 12.8 Å². The number of urea groups is 1. The van der Waals surface area contributed by atoms with E-state index in [0.29, 0.717) is 13.0 Å². The number of hydrogen-bond acceptors (Lipinski definition) is 3. The smallest absolute Gasteiger partial charge is 0.328 e. The zero-order valence-electron chi connectivity index (χ0n) is 9.22. The van der Waals surface area contributed by atoms with E-state index in [-0.39, 0.29) is 24.0 Å². The molecule has 1 N–H and O–H groups in total. The van der Waals surface area contributed by atoms with Gasteiger partial charge >= 0.3 is 6.03 Å². The molecule has 0 radical (unpaired) electrons. The molecule has 0 spiro atoms. The molecule has 1 saturated heterocycles. The van der Waals surface area contributed by atoms with Crippen LogP contribution in [-0.2, 0) is 17.8 Å². The van der Waals surface area contributed by atoms with Gasteiger partial charge in [0, 0.05) is 12.5 Å². The number of imide groups is 1. The van der Waals surface area contributed by atoms with Crippen molar-refractivity contribution < 1.29 is 9.59 Å². The summed E-state index contributed by atoms with van der Waals surface area (Å²) in [6, 6.07) is -0.284. The number of rotatable bonds is 1. The number of nitrogens with zero attached hydrogens (tertiary/aromatic N) is 3. The van der Waals surface area contributed by atoms with E-state index in [1.165, 1.54) is 4.90 Å². The Balaban J connectivity index is 1.72. The monoisotopic (exact) mass is 232 g/mol. The SMILES string of the molecule is O=C1C2Cc3nc[nH]c3CN2C(=O)N1C1CC1. The molecule has 1 unspecified atom stereocenters. The number of imidazole rings is 1. The minimum absolute atomic E-state index is 0.0360. The summed E-state index contributed by atoms with van der Waals surface area (Å²) in [5, 5.41) is 0. The predicted molar refractivity (Wildman–Crippen MR) is 56.9 cm³/mol. The van der Waals surface area contributed by atoms with Crippen molar-refractivity contribution in [2.45, 2.75) is 37.9 Å². The van der Waals surface area contributed by atoms with Crippen molar-refractivity contribution >= 4 is 11.9 Å². The number of fused-ring (bicyclic) bond motifs is 2. The van der Waals surface area contributed by atoms with Gasteiger partial charge in [-0.1, -0.05) is 0 Å². The third kappa shape index (κ3) is 1.12. The van der Waals surface area contributed by atoms with Crippen LogP contribution in [0, 0.1) is 0 Å². The van der Waals surface area contributed by atoms with Crippen LogP contribution in [0.3, 0.4) is 0 Å². The van der Waals surface area contributed by atoms with E-state index in [4.69, 9.17) is 0 Å². The minimum atomic E-state index is -0.320. The Hall–Kier alpha value is -1.85. The lowest BCUT2D eigenvalue weighted by Gasteiger charge is -2.25. The molecule has 6 heteroatoms. The fourth-order valence-corrected chi connectivity index (χ4v) is 2.72. The molecule has 6 nitrogen and oxygen atoms in total. The highest BCUT2D eigenvalue weighted by atomic mass is 16.2. The first-order valence-corrected chi connectivity index (χ1v) is 5.90. The molecule has 1 aromatic heterocycles. The van der Waals surface area contributed by atoms with E-state index in [2.05, 4.69) is 9.97 Å². The highest BCUT2D eigenvalue weighted by Gasteiger charge is 2.52. The van der Waals surface area contributed by atoms with Crippen LogP contribution < -0.4 is 0 Å². The van der Waals surface area contributed by atoms with E-state index in [9.17, 15) is 9.59 Å². The number of carbonyl (C=O) groups is 2. The zero-order valence-corrected chi connectivity index (χ0v) is 9.22. The number of aromatic amines is 1. The maximum atomic E-state index is 12.2. The van der Waals surface area contributed by atoms with E-state index >= 15 is 0 Å². The third-order valence-corrected chi connectivity index (χ3v) is 3.79. The first-order valence-electron chi connectivity index (χ1n) is 5.90. The van der Waals surface area contributed by atoms with Crippen LogP contribution in [0.5, 0.6) is 0 Å². The summed E-state index contributed by atoms with van der Waals surface area (Å²) in [6.45, 7) is 0.480. The second-order valence-electron chi connectivity index (χ2n) is 4.90. The summed E-state index contributed by atoms with van der Waals surface area (Å²) in [4.78, 5) is 34.7. The van der Waals surface area contributed by atoms with Gasteiger partial charge in [0.25, 0.3) is 5.91 Å². The average Bonchev–Trinajstić information content (AvgIpc) is 2.99. The third-order valence-electron chi connectivity index (χ3n) is 3.79. The van der Waals surface area contributed by atoms with Crippen LogP contribution in [0.4, 0.5) is 4.79 Å². The Labute approximate surface area is 97.6 Å². The molecule has 0 aromatic carbocycles. The summed E-state index contributed by atoms with van der Waals surface area (Å²) >= 11 is 0. The minimum Gasteiger partial charge on any atom is -0.347 e. The standard InChI is InChI=1S/C11H12N4O2/c16-10-9-3-7-8(13-5-12-7)4-14(9)11(17)15(10)6-1-2-6/h5-6,9H,1-4H2,(H,12,13). The molecule has 3 amide bonds. The molecule has 0 bridgehead atoms. The summed E-state index contributed by atoms with van der Waals surface area (Å²) in [5.41, 5.74) is 1.88. The van der Waals surface area contributed by atoms with Crippen molar-refractivity contribution in [3.05, 3.63) is 17.7 Å². The molecular formula is C11H12N4O2. The van der Waals surface area contributed by atoms with Gasteiger partial charge < -0.3 is 9.88 Å². The van der Waals surface area contributed by atoms with Gasteiger partial charge in [-0.2, -0.15) is 0 Å². The van der Waals surface area contributed by atoms with Crippen molar-refractivity contribution in [1.82, 2.24) is 19.8 Å². The average molecular weight is 232 g/mol. The highest BCUT2D eigenvalue weighted by Crippen LogP contribution is 2.36. The van der Waals surface area contributed by atoms with E-state index < -0.39 is 0 Å². The number of aromatic nitrogens is 2. The molecule has 88 valence electrons. The molecule has 1 saturated carbocycles. The molecule has 2 aliphatic heterocycles. The fourth-order valence-electron chi connectivity index (χ4n) is 2.72. The first kappa shape index (κ1) is 9.21. The van der Waals surface area contributed by atoms with Crippen LogP contribution in [0.15, 0.2) is 6.33 Å². The van der Waals surface area contributed by atoms with Crippen molar-refractivity contribution in [1.29, 1.82) is 0 Å². The second-order valence-corrected chi connectivity index (χ2v) is 4.90. The van der Waals surface area contributed by atoms with Gasteiger partial charge in [0.2, 0.25) is 0 Å². The quantitative estimate of drug-likeness (QED) is 0.706. The molecule has 17 heavy (non-hydrogen) atoms. The molecule has 4 rings (SSSR count). The number of amides is 3. The van der Waals surface area contributed by atoms with Crippen LogP contribution in [0.25, 0.3) is 0 Å². The number of carbonyl (C=O) groups excluding carboxylic acids is 2. The summed E-state index contributed by atoms with van der Waals surface area (Å²) in [7, 11) is 0. The van der Waals surface area contributed by atoms with E-state index in [1.54, 1.807) is 11.2 Å². The van der Waals surface area contributed by atoms with Crippen molar-refractivity contribution in [2.24, 2.45) is 0 Å². The summed E-state index contributed by atoms with van der Waals surface area (Å²) in [6.07, 6.45) is 4.09. The lowest BCUT2D eigenvalue weighted by Crippen LogP contribution is -2.40. The van der Waals surface area contributed by atoms with Gasteiger partial charge in [-0.25, -0.2) is 9.78 Å². The number of H-pyrrole nitrogens is 1. The molecular weight excluding hydrogens is 220 g/mol. The number of nitrogens with one attached hydrogen (secondary N) is 1. The Bertz CT molecular complexity index is 481.